The minimum absolute atomic E-state index is 0.0423. The van der Waals surface area contributed by atoms with Crippen molar-refractivity contribution in [1.29, 1.82) is 0 Å². The van der Waals surface area contributed by atoms with Gasteiger partial charge in [0.05, 0.1) is 25.0 Å². The fourth-order valence-electron chi connectivity index (χ4n) is 3.38. The van der Waals surface area contributed by atoms with E-state index in [1.165, 1.54) is 22.3 Å². The smallest absolute Gasteiger partial charge is 0.245 e. The summed E-state index contributed by atoms with van der Waals surface area (Å²) in [5, 5.41) is 8.66. The minimum atomic E-state index is -0.0423. The van der Waals surface area contributed by atoms with Gasteiger partial charge < -0.3 is 9.32 Å². The number of carbonyl (C=O) groups excluding carboxylic acids is 1. The Balaban J connectivity index is 1.56. The van der Waals surface area contributed by atoms with Crippen molar-refractivity contribution in [2.45, 2.75) is 38.9 Å². The predicted molar refractivity (Wildman–Crippen MR) is 88.2 cm³/mol. The normalized spacial score (nSPS) is 13.2. The molecule has 0 fully saturated rings. The third-order valence-corrected chi connectivity index (χ3v) is 4.58. The van der Waals surface area contributed by atoms with Crippen LogP contribution in [0.5, 0.6) is 0 Å². The van der Waals surface area contributed by atoms with Crippen LogP contribution in [0.4, 0.5) is 0 Å². The lowest BCUT2D eigenvalue weighted by Gasteiger charge is -2.21. The van der Waals surface area contributed by atoms with Crippen LogP contribution in [-0.2, 0) is 44.3 Å². The summed E-state index contributed by atoms with van der Waals surface area (Å²) in [6, 6.07) is 3.70. The number of hydrogen-bond donors (Lipinski definition) is 0. The topological polar surface area (TPSA) is 82.0 Å². The molecule has 3 heterocycles. The van der Waals surface area contributed by atoms with Gasteiger partial charge in [0.1, 0.15) is 25.0 Å². The summed E-state index contributed by atoms with van der Waals surface area (Å²) in [6.45, 7) is 1.03. The van der Waals surface area contributed by atoms with Crippen LogP contribution in [-0.4, -0.2) is 35.4 Å². The van der Waals surface area contributed by atoms with Crippen LogP contribution in [0.3, 0.4) is 0 Å². The second-order valence-corrected chi connectivity index (χ2v) is 6.27. The van der Waals surface area contributed by atoms with E-state index in [4.69, 9.17) is 4.42 Å². The lowest BCUT2D eigenvalue weighted by Crippen LogP contribution is -2.33. The first-order valence-electron chi connectivity index (χ1n) is 8.37. The SMILES string of the molecule is Cn1nc(CN(Cc2ccco2)C(=O)Cn2cncn2)c2c1CCC2. The van der Waals surface area contributed by atoms with E-state index in [0.29, 0.717) is 13.1 Å². The molecule has 0 N–H and O–H groups in total. The number of amides is 1. The van der Waals surface area contributed by atoms with Crippen LogP contribution >= 0.6 is 0 Å². The molecular weight excluding hydrogens is 320 g/mol. The predicted octanol–water partition coefficient (Wildman–Crippen LogP) is 1.32. The molecule has 8 nitrogen and oxygen atoms in total. The zero-order chi connectivity index (χ0) is 17.2. The maximum absolute atomic E-state index is 12.8. The van der Waals surface area contributed by atoms with Gasteiger partial charge >= 0.3 is 0 Å². The summed E-state index contributed by atoms with van der Waals surface area (Å²) in [6.07, 6.45) is 7.83. The highest BCUT2D eigenvalue weighted by Gasteiger charge is 2.24. The molecule has 3 aromatic heterocycles. The van der Waals surface area contributed by atoms with E-state index in [9.17, 15) is 4.79 Å². The summed E-state index contributed by atoms with van der Waals surface area (Å²) in [5.41, 5.74) is 3.56. The zero-order valence-corrected chi connectivity index (χ0v) is 14.1. The van der Waals surface area contributed by atoms with Gasteiger partial charge in [0, 0.05) is 12.7 Å². The molecule has 3 aromatic rings. The number of aromatic nitrogens is 5. The summed E-state index contributed by atoms with van der Waals surface area (Å²) < 4.78 is 8.91. The third-order valence-electron chi connectivity index (χ3n) is 4.58. The first-order chi connectivity index (χ1) is 12.2. The highest BCUT2D eigenvalue weighted by atomic mass is 16.3. The van der Waals surface area contributed by atoms with Crippen LogP contribution in [0.1, 0.15) is 29.1 Å². The molecule has 0 aromatic carbocycles. The maximum Gasteiger partial charge on any atom is 0.245 e. The molecule has 4 rings (SSSR count). The molecule has 8 heteroatoms. The van der Waals surface area contributed by atoms with Crippen LogP contribution in [0.25, 0.3) is 0 Å². The van der Waals surface area contributed by atoms with Gasteiger partial charge in [-0.2, -0.15) is 10.2 Å². The molecule has 0 radical (unpaired) electrons. The Bertz CT molecular complexity index is 850. The monoisotopic (exact) mass is 340 g/mol. The quantitative estimate of drug-likeness (QED) is 0.676. The van der Waals surface area contributed by atoms with Crippen molar-refractivity contribution in [3.8, 4) is 0 Å². The van der Waals surface area contributed by atoms with Gasteiger partial charge in [0.15, 0.2) is 0 Å². The Hall–Kier alpha value is -2.90. The minimum Gasteiger partial charge on any atom is -0.467 e. The van der Waals surface area contributed by atoms with Crippen molar-refractivity contribution in [2.24, 2.45) is 7.05 Å². The molecule has 25 heavy (non-hydrogen) atoms. The van der Waals surface area contributed by atoms with E-state index in [1.807, 2.05) is 23.9 Å². The average Bonchev–Trinajstić information content (AvgIpc) is 3.35. The van der Waals surface area contributed by atoms with Gasteiger partial charge in [0.2, 0.25) is 5.91 Å². The van der Waals surface area contributed by atoms with Crippen molar-refractivity contribution in [3.63, 3.8) is 0 Å². The molecule has 1 amide bonds. The Kier molecular flexibility index (Phi) is 4.09. The molecule has 0 aliphatic heterocycles. The van der Waals surface area contributed by atoms with E-state index in [1.54, 1.807) is 17.5 Å². The van der Waals surface area contributed by atoms with Gasteiger partial charge in [0.25, 0.3) is 0 Å². The molecular formula is C17H20N6O2. The van der Waals surface area contributed by atoms with Gasteiger partial charge in [-0.25, -0.2) is 9.67 Å². The van der Waals surface area contributed by atoms with Crippen LogP contribution < -0.4 is 0 Å². The van der Waals surface area contributed by atoms with Crippen molar-refractivity contribution in [3.05, 3.63) is 53.8 Å². The molecule has 0 spiro atoms. The molecule has 0 saturated heterocycles. The Morgan fingerprint density at radius 1 is 1.36 bits per heavy atom. The summed E-state index contributed by atoms with van der Waals surface area (Å²) in [7, 11) is 1.97. The number of hydrogen-bond acceptors (Lipinski definition) is 5. The molecule has 0 atom stereocenters. The summed E-state index contributed by atoms with van der Waals surface area (Å²) in [5.74, 6) is 0.707. The fraction of sp³-hybridized carbons (Fsp3) is 0.412. The van der Waals surface area contributed by atoms with Gasteiger partial charge in [-0.3, -0.25) is 9.48 Å². The molecule has 1 aliphatic rings. The molecule has 0 saturated carbocycles. The number of fused-ring (bicyclic) bond motifs is 1. The first-order valence-corrected chi connectivity index (χ1v) is 8.37. The van der Waals surface area contributed by atoms with Crippen molar-refractivity contribution in [2.75, 3.05) is 0 Å². The number of aryl methyl sites for hydroxylation is 1. The van der Waals surface area contributed by atoms with E-state index in [0.717, 1.165) is 30.7 Å². The first kappa shape index (κ1) is 15.6. The summed E-state index contributed by atoms with van der Waals surface area (Å²) in [4.78, 5) is 18.5. The number of furan rings is 1. The van der Waals surface area contributed by atoms with Crippen LogP contribution in [0.15, 0.2) is 35.5 Å². The molecule has 0 bridgehead atoms. The summed E-state index contributed by atoms with van der Waals surface area (Å²) >= 11 is 0. The van der Waals surface area contributed by atoms with Gasteiger partial charge in [-0.1, -0.05) is 0 Å². The van der Waals surface area contributed by atoms with Crippen LogP contribution in [0.2, 0.25) is 0 Å². The molecule has 0 unspecified atom stereocenters. The molecule has 130 valence electrons. The second-order valence-electron chi connectivity index (χ2n) is 6.27. The third kappa shape index (κ3) is 3.19. The lowest BCUT2D eigenvalue weighted by atomic mass is 10.2. The number of rotatable bonds is 6. The van der Waals surface area contributed by atoms with E-state index < -0.39 is 0 Å². The van der Waals surface area contributed by atoms with Crippen molar-refractivity contribution < 1.29 is 9.21 Å². The fourth-order valence-corrected chi connectivity index (χ4v) is 3.38. The maximum atomic E-state index is 12.8. The van der Waals surface area contributed by atoms with Gasteiger partial charge in [-0.05, 0) is 37.0 Å². The van der Waals surface area contributed by atoms with E-state index in [-0.39, 0.29) is 12.5 Å². The zero-order valence-electron chi connectivity index (χ0n) is 14.1. The Labute approximate surface area is 145 Å². The highest BCUT2D eigenvalue weighted by molar-refractivity contribution is 5.75. The largest absolute Gasteiger partial charge is 0.467 e. The molecule has 1 aliphatic carbocycles. The Morgan fingerprint density at radius 3 is 3.04 bits per heavy atom. The number of carbonyl (C=O) groups is 1. The van der Waals surface area contributed by atoms with E-state index >= 15 is 0 Å². The van der Waals surface area contributed by atoms with Gasteiger partial charge in [-0.15, -0.1) is 0 Å². The standard InChI is InChI=1S/C17H20N6O2/c1-21-16-6-2-5-14(16)15(20-21)9-22(8-13-4-3-7-25-13)17(24)10-23-12-18-11-19-23/h3-4,7,11-12H,2,5-6,8-10H2,1H3. The van der Waals surface area contributed by atoms with Crippen molar-refractivity contribution >= 4 is 5.91 Å². The average molecular weight is 340 g/mol. The Morgan fingerprint density at radius 2 is 2.28 bits per heavy atom. The van der Waals surface area contributed by atoms with Crippen molar-refractivity contribution in [1.82, 2.24) is 29.4 Å². The number of nitrogens with zero attached hydrogens (tertiary/aromatic N) is 6. The van der Waals surface area contributed by atoms with E-state index in [2.05, 4.69) is 15.2 Å². The second kappa shape index (κ2) is 6.54. The highest BCUT2D eigenvalue weighted by Crippen LogP contribution is 2.26. The van der Waals surface area contributed by atoms with Crippen LogP contribution in [0, 0.1) is 0 Å². The lowest BCUT2D eigenvalue weighted by molar-refractivity contribution is -0.133.